The molecule has 1 fully saturated rings. The van der Waals surface area contributed by atoms with Crippen molar-refractivity contribution in [2.24, 2.45) is 16.8 Å². The molecule has 0 aromatic heterocycles. The Morgan fingerprint density at radius 1 is 1.28 bits per heavy atom. The monoisotopic (exact) mass is 256 g/mol. The average Bonchev–Trinajstić information content (AvgIpc) is 2.36. The molecule has 0 aromatic carbocycles. The van der Waals surface area contributed by atoms with Gasteiger partial charge < -0.3 is 15.8 Å². The predicted molar refractivity (Wildman–Crippen MR) is 75.0 cm³/mol. The fourth-order valence-electron chi connectivity index (χ4n) is 2.64. The fraction of sp³-hybridized carbons (Fsp3) is 0.923. The first kappa shape index (κ1) is 15.2. The summed E-state index contributed by atoms with van der Waals surface area (Å²) in [6, 6.07) is 0.405. The Labute approximate surface area is 111 Å². The van der Waals surface area contributed by atoms with Gasteiger partial charge in [0.1, 0.15) is 5.84 Å². The molecule has 3 N–H and O–H groups in total. The van der Waals surface area contributed by atoms with Crippen LogP contribution in [0.5, 0.6) is 0 Å². The van der Waals surface area contributed by atoms with Gasteiger partial charge in [0, 0.05) is 45.2 Å². The molecular weight excluding hydrogens is 228 g/mol. The first-order valence-corrected chi connectivity index (χ1v) is 6.99. The van der Waals surface area contributed by atoms with Gasteiger partial charge in [-0.3, -0.25) is 4.90 Å². The van der Waals surface area contributed by atoms with Crippen molar-refractivity contribution in [1.29, 1.82) is 0 Å². The van der Waals surface area contributed by atoms with Crippen LogP contribution in [-0.2, 0) is 0 Å². The van der Waals surface area contributed by atoms with E-state index in [1.165, 1.54) is 6.54 Å². The van der Waals surface area contributed by atoms with E-state index in [2.05, 4.69) is 35.7 Å². The molecular formula is C13H28N4O. The summed E-state index contributed by atoms with van der Waals surface area (Å²) in [4.78, 5) is 4.99. The van der Waals surface area contributed by atoms with Crippen molar-refractivity contribution >= 4 is 5.84 Å². The highest BCUT2D eigenvalue weighted by atomic mass is 16.4. The van der Waals surface area contributed by atoms with Crippen LogP contribution >= 0.6 is 0 Å². The van der Waals surface area contributed by atoms with E-state index in [1.54, 1.807) is 0 Å². The molecule has 1 heterocycles. The maximum absolute atomic E-state index is 8.65. The third-order valence-corrected chi connectivity index (χ3v) is 3.59. The molecule has 1 aliphatic heterocycles. The van der Waals surface area contributed by atoms with Crippen LogP contribution in [0.25, 0.3) is 0 Å². The number of nitrogens with two attached hydrogens (primary N) is 1. The van der Waals surface area contributed by atoms with E-state index in [9.17, 15) is 0 Å². The Balaban J connectivity index is 2.40. The molecule has 1 rings (SSSR count). The van der Waals surface area contributed by atoms with Crippen molar-refractivity contribution in [3.8, 4) is 0 Å². The Kier molecular flexibility index (Phi) is 6.43. The van der Waals surface area contributed by atoms with Gasteiger partial charge in [0.05, 0.1) is 0 Å². The van der Waals surface area contributed by atoms with Gasteiger partial charge in [0.25, 0.3) is 0 Å². The van der Waals surface area contributed by atoms with Crippen LogP contribution in [0.4, 0.5) is 0 Å². The number of oxime groups is 1. The lowest BCUT2D eigenvalue weighted by Crippen LogP contribution is -2.51. The normalized spacial score (nSPS) is 21.4. The van der Waals surface area contributed by atoms with Crippen molar-refractivity contribution in [2.75, 3.05) is 32.7 Å². The number of amidine groups is 1. The van der Waals surface area contributed by atoms with Crippen LogP contribution < -0.4 is 5.73 Å². The van der Waals surface area contributed by atoms with Gasteiger partial charge in [0.15, 0.2) is 0 Å². The summed E-state index contributed by atoms with van der Waals surface area (Å²) in [7, 11) is 0. The smallest absolute Gasteiger partial charge is 0.140 e. The zero-order chi connectivity index (χ0) is 13.5. The summed E-state index contributed by atoms with van der Waals surface area (Å²) in [5, 5.41) is 11.7. The van der Waals surface area contributed by atoms with E-state index in [1.807, 2.05) is 0 Å². The third-order valence-electron chi connectivity index (χ3n) is 3.59. The second-order valence-electron chi connectivity index (χ2n) is 5.59. The fourth-order valence-corrected chi connectivity index (χ4v) is 2.64. The van der Waals surface area contributed by atoms with E-state index in [0.717, 1.165) is 38.5 Å². The van der Waals surface area contributed by atoms with E-state index < -0.39 is 0 Å². The molecule has 0 amide bonds. The maximum atomic E-state index is 8.65. The van der Waals surface area contributed by atoms with Crippen LogP contribution in [0, 0.1) is 5.92 Å². The Hall–Kier alpha value is -0.810. The zero-order valence-electron chi connectivity index (χ0n) is 12.0. The highest BCUT2D eigenvalue weighted by Crippen LogP contribution is 2.13. The second-order valence-corrected chi connectivity index (χ2v) is 5.59. The van der Waals surface area contributed by atoms with Gasteiger partial charge in [0.2, 0.25) is 0 Å². The lowest BCUT2D eigenvalue weighted by Gasteiger charge is -2.39. The second kappa shape index (κ2) is 7.59. The Bertz CT molecular complexity index is 260. The maximum Gasteiger partial charge on any atom is 0.140 e. The Morgan fingerprint density at radius 3 is 2.33 bits per heavy atom. The average molecular weight is 256 g/mol. The summed E-state index contributed by atoms with van der Waals surface area (Å²) in [6.45, 7) is 12.3. The van der Waals surface area contributed by atoms with Gasteiger partial charge in [-0.15, -0.1) is 0 Å². The molecule has 1 aliphatic rings. The highest BCUT2D eigenvalue weighted by Gasteiger charge is 2.23. The van der Waals surface area contributed by atoms with Crippen LogP contribution in [0.15, 0.2) is 5.16 Å². The number of hydrogen-bond donors (Lipinski definition) is 2. The topological polar surface area (TPSA) is 65.1 Å². The molecule has 5 nitrogen and oxygen atoms in total. The molecule has 5 heteroatoms. The third kappa shape index (κ3) is 4.82. The molecule has 1 unspecified atom stereocenters. The lowest BCUT2D eigenvalue weighted by atomic mass is 10.1. The molecule has 0 spiro atoms. The van der Waals surface area contributed by atoms with E-state index in [0.29, 0.717) is 18.3 Å². The molecule has 0 aromatic rings. The van der Waals surface area contributed by atoms with Crippen LogP contribution in [-0.4, -0.2) is 59.6 Å². The summed E-state index contributed by atoms with van der Waals surface area (Å²) < 4.78 is 0. The van der Waals surface area contributed by atoms with Gasteiger partial charge >= 0.3 is 0 Å². The first-order valence-electron chi connectivity index (χ1n) is 6.99. The number of rotatable bonds is 6. The SMILES string of the molecule is CCC(CC(N)=NO)N1CCN(CC(C)C)CC1. The van der Waals surface area contributed by atoms with E-state index in [4.69, 9.17) is 10.9 Å². The van der Waals surface area contributed by atoms with Crippen molar-refractivity contribution in [2.45, 2.75) is 39.7 Å². The highest BCUT2D eigenvalue weighted by molar-refractivity contribution is 5.80. The molecule has 1 saturated heterocycles. The van der Waals surface area contributed by atoms with Crippen molar-refractivity contribution < 1.29 is 5.21 Å². The minimum absolute atomic E-state index is 0.339. The first-order chi connectivity index (χ1) is 8.56. The van der Waals surface area contributed by atoms with Crippen molar-refractivity contribution in [3.05, 3.63) is 0 Å². The van der Waals surface area contributed by atoms with Crippen molar-refractivity contribution in [1.82, 2.24) is 9.80 Å². The minimum atomic E-state index is 0.339. The van der Waals surface area contributed by atoms with Gasteiger partial charge in [-0.2, -0.15) is 0 Å². The lowest BCUT2D eigenvalue weighted by molar-refractivity contribution is 0.0890. The van der Waals surface area contributed by atoms with Gasteiger partial charge in [-0.25, -0.2) is 0 Å². The summed E-state index contributed by atoms with van der Waals surface area (Å²) in [5.74, 6) is 1.07. The zero-order valence-corrected chi connectivity index (χ0v) is 12.0. The Morgan fingerprint density at radius 2 is 1.89 bits per heavy atom. The largest absolute Gasteiger partial charge is 0.409 e. The molecule has 106 valence electrons. The molecule has 0 saturated carbocycles. The minimum Gasteiger partial charge on any atom is -0.409 e. The summed E-state index contributed by atoms with van der Waals surface area (Å²) in [6.07, 6.45) is 1.71. The van der Waals surface area contributed by atoms with Crippen LogP contribution in [0.3, 0.4) is 0 Å². The van der Waals surface area contributed by atoms with Crippen molar-refractivity contribution in [3.63, 3.8) is 0 Å². The molecule has 0 aliphatic carbocycles. The number of nitrogens with zero attached hydrogens (tertiary/aromatic N) is 3. The summed E-state index contributed by atoms with van der Waals surface area (Å²) >= 11 is 0. The van der Waals surface area contributed by atoms with Crippen LogP contribution in [0.1, 0.15) is 33.6 Å². The standard InChI is InChI=1S/C13H28N4O/c1-4-12(9-13(14)15-18)17-7-5-16(6-8-17)10-11(2)3/h11-12,18H,4-10H2,1-3H3,(H2,14,15). The van der Waals surface area contributed by atoms with E-state index in [-0.39, 0.29) is 0 Å². The quantitative estimate of drug-likeness (QED) is 0.324. The molecule has 18 heavy (non-hydrogen) atoms. The number of hydrogen-bond acceptors (Lipinski definition) is 4. The van der Waals surface area contributed by atoms with Gasteiger partial charge in [-0.1, -0.05) is 25.9 Å². The molecule has 1 atom stereocenters. The van der Waals surface area contributed by atoms with Gasteiger partial charge in [-0.05, 0) is 12.3 Å². The molecule has 0 radical (unpaired) electrons. The van der Waals surface area contributed by atoms with Crippen LogP contribution in [0.2, 0.25) is 0 Å². The molecule has 0 bridgehead atoms. The predicted octanol–water partition coefficient (Wildman–Crippen LogP) is 1.18. The van der Waals surface area contributed by atoms with E-state index >= 15 is 0 Å². The summed E-state index contributed by atoms with van der Waals surface area (Å²) in [5.41, 5.74) is 5.61. The number of piperazine rings is 1.